The maximum Gasteiger partial charge on any atom is 0.185 e. The molecule has 0 unspecified atom stereocenters. The SMILES string of the molecule is Cc1cc(=O)c(CS)cn1-c1ccc(F)c(Cl)c1. The second-order valence-electron chi connectivity index (χ2n) is 3.93. The van der Waals surface area contributed by atoms with Gasteiger partial charge in [0.15, 0.2) is 5.43 Å². The molecule has 94 valence electrons. The van der Waals surface area contributed by atoms with Gasteiger partial charge in [-0.25, -0.2) is 4.39 Å². The van der Waals surface area contributed by atoms with Crippen LogP contribution in [0.25, 0.3) is 5.69 Å². The largest absolute Gasteiger partial charge is 0.321 e. The molecule has 0 spiro atoms. The summed E-state index contributed by atoms with van der Waals surface area (Å²) < 4.78 is 14.9. The van der Waals surface area contributed by atoms with Crippen LogP contribution in [0.5, 0.6) is 0 Å². The molecule has 2 rings (SSSR count). The lowest BCUT2D eigenvalue weighted by atomic mass is 10.2. The zero-order valence-corrected chi connectivity index (χ0v) is 11.3. The minimum absolute atomic E-state index is 0.0491. The summed E-state index contributed by atoms with van der Waals surface area (Å²) in [4.78, 5) is 11.6. The molecule has 1 heterocycles. The minimum atomic E-state index is -0.464. The number of thiol groups is 1. The zero-order valence-electron chi connectivity index (χ0n) is 9.65. The third-order valence-electron chi connectivity index (χ3n) is 2.67. The predicted octanol–water partition coefficient (Wildman–Crippen LogP) is 3.37. The van der Waals surface area contributed by atoms with Crippen LogP contribution < -0.4 is 5.43 Å². The average Bonchev–Trinajstić information content (AvgIpc) is 2.33. The van der Waals surface area contributed by atoms with E-state index in [-0.39, 0.29) is 10.5 Å². The fourth-order valence-corrected chi connectivity index (χ4v) is 2.12. The molecule has 2 aromatic rings. The standard InChI is InChI=1S/C13H11ClFNOS/c1-8-4-13(17)9(7-18)6-16(8)10-2-3-12(15)11(14)5-10/h2-6,18H,7H2,1H3. The molecule has 0 saturated carbocycles. The Morgan fingerprint density at radius 1 is 1.39 bits per heavy atom. The summed E-state index contributed by atoms with van der Waals surface area (Å²) in [5, 5.41) is 0.0537. The second kappa shape index (κ2) is 5.16. The molecule has 0 aliphatic heterocycles. The number of halogens is 2. The van der Waals surface area contributed by atoms with E-state index in [2.05, 4.69) is 12.6 Å². The second-order valence-corrected chi connectivity index (χ2v) is 4.65. The predicted molar refractivity (Wildman–Crippen MR) is 74.4 cm³/mol. The van der Waals surface area contributed by atoms with E-state index < -0.39 is 5.82 Å². The Kier molecular flexibility index (Phi) is 3.78. The highest BCUT2D eigenvalue weighted by Gasteiger charge is 2.07. The van der Waals surface area contributed by atoms with Crippen molar-refractivity contribution in [3.63, 3.8) is 0 Å². The van der Waals surface area contributed by atoms with Gasteiger partial charge in [-0.1, -0.05) is 11.6 Å². The molecule has 0 saturated heterocycles. The van der Waals surface area contributed by atoms with E-state index in [0.717, 1.165) is 5.69 Å². The van der Waals surface area contributed by atoms with Gasteiger partial charge in [0, 0.05) is 35.0 Å². The van der Waals surface area contributed by atoms with Gasteiger partial charge >= 0.3 is 0 Å². The van der Waals surface area contributed by atoms with Crippen molar-refractivity contribution in [1.82, 2.24) is 4.57 Å². The molecule has 0 fully saturated rings. The summed E-state index contributed by atoms with van der Waals surface area (Å²) in [5.74, 6) is -0.109. The van der Waals surface area contributed by atoms with E-state index >= 15 is 0 Å². The van der Waals surface area contributed by atoms with Crippen molar-refractivity contribution in [3.8, 4) is 5.69 Å². The molecule has 5 heteroatoms. The van der Waals surface area contributed by atoms with Gasteiger partial charge in [-0.3, -0.25) is 4.79 Å². The van der Waals surface area contributed by atoms with Crippen molar-refractivity contribution in [2.75, 3.05) is 0 Å². The van der Waals surface area contributed by atoms with E-state index in [9.17, 15) is 9.18 Å². The lowest BCUT2D eigenvalue weighted by molar-refractivity contribution is 0.627. The van der Waals surface area contributed by atoms with Crippen LogP contribution in [0.15, 0.2) is 35.3 Å². The van der Waals surface area contributed by atoms with E-state index in [4.69, 9.17) is 11.6 Å². The number of hydrogen-bond donors (Lipinski definition) is 1. The summed E-state index contributed by atoms with van der Waals surface area (Å²) in [7, 11) is 0. The molecule has 0 bridgehead atoms. The topological polar surface area (TPSA) is 22.0 Å². The van der Waals surface area contributed by atoms with Gasteiger partial charge in [0.05, 0.1) is 5.02 Å². The van der Waals surface area contributed by atoms with Gasteiger partial charge in [0.25, 0.3) is 0 Å². The molecule has 0 radical (unpaired) electrons. The van der Waals surface area contributed by atoms with Crippen molar-refractivity contribution in [2.24, 2.45) is 0 Å². The Morgan fingerprint density at radius 3 is 2.72 bits per heavy atom. The molecule has 18 heavy (non-hydrogen) atoms. The Labute approximate surface area is 114 Å². The molecule has 0 aliphatic carbocycles. The number of nitrogens with zero attached hydrogens (tertiary/aromatic N) is 1. The maximum absolute atomic E-state index is 13.1. The normalized spacial score (nSPS) is 10.7. The van der Waals surface area contributed by atoms with E-state index in [1.807, 2.05) is 0 Å². The smallest absolute Gasteiger partial charge is 0.185 e. The number of hydrogen-bond acceptors (Lipinski definition) is 2. The van der Waals surface area contributed by atoms with Crippen molar-refractivity contribution in [2.45, 2.75) is 12.7 Å². The number of aryl methyl sites for hydroxylation is 1. The van der Waals surface area contributed by atoms with Gasteiger partial charge < -0.3 is 4.57 Å². The van der Waals surface area contributed by atoms with E-state index in [1.165, 1.54) is 18.2 Å². The lowest BCUT2D eigenvalue weighted by Crippen LogP contribution is -2.13. The summed E-state index contributed by atoms with van der Waals surface area (Å²) in [5.41, 5.74) is 2.01. The molecule has 1 aromatic heterocycles. The van der Waals surface area contributed by atoms with Crippen LogP contribution in [0, 0.1) is 12.7 Å². The number of aromatic nitrogens is 1. The van der Waals surface area contributed by atoms with E-state index in [0.29, 0.717) is 17.0 Å². The Morgan fingerprint density at radius 2 is 2.11 bits per heavy atom. The molecule has 1 aromatic carbocycles. The van der Waals surface area contributed by atoms with Crippen LogP contribution in [0.2, 0.25) is 5.02 Å². The first-order valence-electron chi connectivity index (χ1n) is 5.31. The van der Waals surface area contributed by atoms with Crippen molar-refractivity contribution >= 4 is 24.2 Å². The third kappa shape index (κ3) is 2.44. The van der Waals surface area contributed by atoms with Crippen LogP contribution >= 0.6 is 24.2 Å². The van der Waals surface area contributed by atoms with E-state index in [1.54, 1.807) is 23.8 Å². The van der Waals surface area contributed by atoms with Gasteiger partial charge in [-0.15, -0.1) is 0 Å². The third-order valence-corrected chi connectivity index (χ3v) is 3.30. The Hall–Kier alpha value is -1.26. The van der Waals surface area contributed by atoms with Crippen LogP contribution in [-0.4, -0.2) is 4.57 Å². The molecular formula is C13H11ClFNOS. The highest BCUT2D eigenvalue weighted by atomic mass is 35.5. The van der Waals surface area contributed by atoms with Crippen LogP contribution in [0.3, 0.4) is 0 Å². The lowest BCUT2D eigenvalue weighted by Gasteiger charge is -2.12. The molecule has 0 N–H and O–H groups in total. The van der Waals surface area contributed by atoms with Gasteiger partial charge in [0.1, 0.15) is 5.82 Å². The molecule has 0 amide bonds. The average molecular weight is 284 g/mol. The summed E-state index contributed by atoms with van der Waals surface area (Å²) >= 11 is 9.87. The summed E-state index contributed by atoms with van der Waals surface area (Å²) in [6.45, 7) is 1.81. The number of benzene rings is 1. The fourth-order valence-electron chi connectivity index (χ4n) is 1.71. The first kappa shape index (κ1) is 13.2. The summed E-state index contributed by atoms with van der Waals surface area (Å²) in [6.07, 6.45) is 1.70. The van der Waals surface area contributed by atoms with Crippen molar-refractivity contribution < 1.29 is 4.39 Å². The van der Waals surface area contributed by atoms with Crippen molar-refractivity contribution in [3.05, 3.63) is 62.8 Å². The molecule has 0 aliphatic rings. The monoisotopic (exact) mass is 283 g/mol. The van der Waals surface area contributed by atoms with Gasteiger partial charge in [0.2, 0.25) is 0 Å². The van der Waals surface area contributed by atoms with Crippen molar-refractivity contribution in [1.29, 1.82) is 0 Å². The maximum atomic E-state index is 13.1. The highest BCUT2D eigenvalue weighted by Crippen LogP contribution is 2.20. The number of pyridine rings is 1. The van der Waals surface area contributed by atoms with Crippen LogP contribution in [0.4, 0.5) is 4.39 Å². The van der Waals surface area contributed by atoms with Crippen LogP contribution in [-0.2, 0) is 5.75 Å². The van der Waals surface area contributed by atoms with Gasteiger partial charge in [-0.2, -0.15) is 12.6 Å². The first-order chi connectivity index (χ1) is 8.52. The minimum Gasteiger partial charge on any atom is -0.321 e. The Balaban J connectivity index is 2.63. The number of rotatable bonds is 2. The Bertz CT molecular complexity index is 654. The molecule has 0 atom stereocenters. The zero-order chi connectivity index (χ0) is 13.3. The molecular weight excluding hydrogens is 273 g/mol. The molecule has 2 nitrogen and oxygen atoms in total. The van der Waals surface area contributed by atoms with Crippen LogP contribution in [0.1, 0.15) is 11.3 Å². The fraction of sp³-hybridized carbons (Fsp3) is 0.154. The quantitative estimate of drug-likeness (QED) is 0.839. The first-order valence-corrected chi connectivity index (χ1v) is 6.32. The summed E-state index contributed by atoms with van der Waals surface area (Å²) in [6, 6.07) is 5.97. The van der Waals surface area contributed by atoms with Gasteiger partial charge in [-0.05, 0) is 25.1 Å². The highest BCUT2D eigenvalue weighted by molar-refractivity contribution is 7.79.